The van der Waals surface area contributed by atoms with Gasteiger partial charge in [-0.2, -0.15) is 0 Å². The molecule has 0 saturated carbocycles. The number of rotatable bonds is 55. The lowest BCUT2D eigenvalue weighted by molar-refractivity contribution is -0.692. The first-order valence-electron chi connectivity index (χ1n) is 25.2. The van der Waals surface area contributed by atoms with Crippen molar-refractivity contribution in [3.05, 3.63) is 65.2 Å². The van der Waals surface area contributed by atoms with E-state index in [0.29, 0.717) is 6.61 Å². The van der Waals surface area contributed by atoms with Crippen LogP contribution in [-0.2, 0) is 121 Å². The molecule has 9 atom stereocenters. The molecule has 512 valence electrons. The van der Waals surface area contributed by atoms with Gasteiger partial charge in [-0.3, -0.25) is 37.7 Å². The molecule has 0 fully saturated rings. The van der Waals surface area contributed by atoms with Crippen LogP contribution in [0.5, 0.6) is 0 Å². The topological polar surface area (TPSA) is 518 Å². The zero-order valence-corrected chi connectivity index (χ0v) is 53.7. The predicted octanol–water partition coefficient (Wildman–Crippen LogP) is 1.18. The van der Waals surface area contributed by atoms with Crippen molar-refractivity contribution < 1.29 is 161 Å². The van der Waals surface area contributed by atoms with Gasteiger partial charge in [0.05, 0.1) is 91.6 Å². The van der Waals surface area contributed by atoms with Crippen molar-refractivity contribution in [2.45, 2.75) is 83.0 Å². The van der Waals surface area contributed by atoms with Gasteiger partial charge in [-0.15, -0.1) is 39.5 Å². The molecule has 0 rings (SSSR count). The molecule has 86 heavy (non-hydrogen) atoms. The number of hydrogen-bond donors (Lipinski definition) is 5. The van der Waals surface area contributed by atoms with Gasteiger partial charge in [-0.05, 0) is 52.0 Å². The van der Waals surface area contributed by atoms with E-state index < -0.39 is 156 Å². The maximum Gasteiger partial charge on any atom is 0.268 e. The van der Waals surface area contributed by atoms with Crippen molar-refractivity contribution in [2.75, 3.05) is 119 Å². The van der Waals surface area contributed by atoms with Crippen LogP contribution in [0.3, 0.4) is 0 Å². The van der Waals surface area contributed by atoms with E-state index in [1.165, 1.54) is 0 Å². The SMILES string of the molecule is C=C.C=C.C=C.C=COOOOOC=C.CCCOCCC(CO)OP(=O)([O-])OCCOP(=O)([O-])OCCCCC(=O)NCC(CNC(=O)CCCCOP(=O)([O-])OCCOP(=O)([O-])OC(CO)CCOCNC)OP(=O)([O-])OCCOP(C)(=O)[O-]. The first-order valence-corrected chi connectivity index (χ1v) is 34.5. The van der Waals surface area contributed by atoms with E-state index in [1.807, 2.05) is 6.92 Å². The molecule has 0 bridgehead atoms. The van der Waals surface area contributed by atoms with Crippen LogP contribution in [0, 0.1) is 0 Å². The van der Waals surface area contributed by atoms with Gasteiger partial charge in [0.15, 0.2) is 0 Å². The fourth-order valence-electron chi connectivity index (χ4n) is 4.87. The minimum Gasteiger partial charge on any atom is -0.779 e. The molecular weight excluding hydrogens is 1290 g/mol. The van der Waals surface area contributed by atoms with Crippen molar-refractivity contribution in [2.24, 2.45) is 0 Å². The van der Waals surface area contributed by atoms with Crippen LogP contribution >= 0.6 is 46.7 Å². The van der Waals surface area contributed by atoms with Crippen LogP contribution < -0.4 is 45.3 Å². The molecular formula is C43H85N3O34P6-6. The number of phosphoric ester groups is 5. The highest BCUT2D eigenvalue weighted by atomic mass is 31.2. The minimum atomic E-state index is -5.22. The lowest BCUT2D eigenvalue weighted by Gasteiger charge is -2.29. The summed E-state index contributed by atoms with van der Waals surface area (Å²) in [6.07, 6.45) is -1.55. The van der Waals surface area contributed by atoms with Gasteiger partial charge in [-0.1, -0.05) is 20.1 Å². The maximum atomic E-state index is 12.5. The summed E-state index contributed by atoms with van der Waals surface area (Å²) >= 11 is 0. The van der Waals surface area contributed by atoms with E-state index in [-0.39, 0.29) is 71.3 Å². The summed E-state index contributed by atoms with van der Waals surface area (Å²) in [4.78, 5) is 105. The molecule has 0 radical (unpaired) electrons. The Hall–Kier alpha value is -2.38. The molecule has 5 N–H and O–H groups in total. The first kappa shape index (κ1) is 92.3. The molecule has 43 heteroatoms. The highest BCUT2D eigenvalue weighted by molar-refractivity contribution is 7.50. The summed E-state index contributed by atoms with van der Waals surface area (Å²) < 4.78 is 133. The number of nitrogens with one attached hydrogen (secondary N) is 3. The molecule has 0 aromatic heterocycles. The van der Waals surface area contributed by atoms with Crippen molar-refractivity contribution in [3.63, 3.8) is 0 Å². The third-order valence-corrected chi connectivity index (χ3v) is 14.1. The Morgan fingerprint density at radius 1 is 0.477 bits per heavy atom. The molecule has 0 saturated heterocycles. The summed E-state index contributed by atoms with van der Waals surface area (Å²) in [5, 5.41) is 37.3. The molecule has 37 nitrogen and oxygen atoms in total. The summed E-state index contributed by atoms with van der Waals surface area (Å²) in [5.41, 5.74) is 0. The standard InChI is InChI=1S/C33H73N3O29P6.C4H6O5.3C2H4/c1-4-13-53-16-11-29(26-37)63-69(47,48)61-22-20-58-67(43,44)56-14-7-5-9-32(39)35-24-31(65-71(51,52)60-19-18-55-66(3,41)42)25-36-33(40)10-6-8-15-57-68(45,46)59-21-23-62-70(49,50)64-30(27-38)12-17-54-28-34-2;1-3-5-7-9-8-6-4-2;3*1-2/h29-31,34,37-38H,4-28H2,1-3H3,(H,35,39)(H,36,40)(H,41,42)(H,43,44)(H,45,46)(H,47,48)(H,49,50)(H,51,52);3-4H,1-2H2;3*1-2H2/p-6. The van der Waals surface area contributed by atoms with Crippen LogP contribution in [0.2, 0.25) is 0 Å². The van der Waals surface area contributed by atoms with Crippen molar-refractivity contribution in [1.82, 2.24) is 16.0 Å². The van der Waals surface area contributed by atoms with Gasteiger partial charge < -0.3 is 124 Å². The maximum absolute atomic E-state index is 12.5. The van der Waals surface area contributed by atoms with Crippen LogP contribution in [0.4, 0.5) is 0 Å². The summed E-state index contributed by atoms with van der Waals surface area (Å²) in [5.74, 6) is -1.37. The second kappa shape index (κ2) is 59.0. The Morgan fingerprint density at radius 2 is 0.814 bits per heavy atom. The average molecular weight is 1370 g/mol. The fourth-order valence-corrected chi connectivity index (χ4v) is 9.40. The molecule has 9 unspecified atom stereocenters. The Bertz CT molecular complexity index is 1890. The van der Waals surface area contributed by atoms with E-state index in [4.69, 9.17) is 23.0 Å². The lowest BCUT2D eigenvalue weighted by atomic mass is 10.2. The van der Waals surface area contributed by atoms with Crippen LogP contribution in [0.15, 0.2) is 65.2 Å². The number of aliphatic hydroxyl groups is 2. The van der Waals surface area contributed by atoms with Crippen molar-refractivity contribution in [3.8, 4) is 0 Å². The highest BCUT2D eigenvalue weighted by Gasteiger charge is 2.23. The smallest absolute Gasteiger partial charge is 0.268 e. The number of hydrogen-bond acceptors (Lipinski definition) is 35. The minimum absolute atomic E-state index is 0.00327. The number of unbranched alkanes of at least 4 members (excludes halogenated alkanes) is 2. The van der Waals surface area contributed by atoms with Gasteiger partial charge in [0, 0.05) is 60.9 Å². The Morgan fingerprint density at radius 3 is 1.15 bits per heavy atom. The number of amides is 2. The molecule has 0 heterocycles. The Balaban J connectivity index is -0.00000130. The Labute approximate surface area is 501 Å². The molecule has 0 aromatic rings. The Kier molecular flexibility index (Phi) is 63.3. The predicted molar refractivity (Wildman–Crippen MR) is 291 cm³/mol. The molecule has 0 aliphatic heterocycles. The van der Waals surface area contributed by atoms with Gasteiger partial charge >= 0.3 is 0 Å². The largest absolute Gasteiger partial charge is 0.779 e. The second-order valence-electron chi connectivity index (χ2n) is 15.1. The fraction of sp³-hybridized carbons (Fsp3) is 0.721. The summed E-state index contributed by atoms with van der Waals surface area (Å²) in [7, 11) is -27.6. The molecule has 0 spiro atoms. The lowest BCUT2D eigenvalue weighted by Crippen LogP contribution is -2.41. The van der Waals surface area contributed by atoms with E-state index in [2.05, 4.69) is 130 Å². The van der Waals surface area contributed by atoms with Crippen molar-refractivity contribution >= 4 is 58.5 Å². The zero-order chi connectivity index (χ0) is 66.8. The van der Waals surface area contributed by atoms with Gasteiger partial charge in [0.25, 0.3) is 39.1 Å². The van der Waals surface area contributed by atoms with Crippen molar-refractivity contribution in [1.29, 1.82) is 0 Å². The van der Waals surface area contributed by atoms with Gasteiger partial charge in [0.2, 0.25) is 11.8 Å². The summed E-state index contributed by atoms with van der Waals surface area (Å²) in [6.45, 7) is 19.7. The molecule has 2 amide bonds. The number of phosphoric acid groups is 5. The third kappa shape index (κ3) is 66.0. The first-order chi connectivity index (χ1) is 40.6. The highest BCUT2D eigenvalue weighted by Crippen LogP contribution is 2.44. The van der Waals surface area contributed by atoms with Gasteiger partial charge in [0.1, 0.15) is 26.2 Å². The zero-order valence-electron chi connectivity index (χ0n) is 48.4. The molecule has 0 aromatic carbocycles. The molecule has 0 aliphatic carbocycles. The average Bonchev–Trinajstić information content (AvgIpc) is 3.60. The van der Waals surface area contributed by atoms with E-state index in [1.54, 1.807) is 7.05 Å². The monoisotopic (exact) mass is 1370 g/mol. The number of carbonyl (C=O) groups is 2. The van der Waals surface area contributed by atoms with Crippen LogP contribution in [-0.4, -0.2) is 160 Å². The third-order valence-electron chi connectivity index (χ3n) is 8.25. The van der Waals surface area contributed by atoms with Crippen LogP contribution in [0.25, 0.3) is 0 Å². The quantitative estimate of drug-likeness (QED) is 0.0109. The van der Waals surface area contributed by atoms with E-state index in [0.717, 1.165) is 25.6 Å². The number of ether oxygens (including phenoxy) is 2. The number of aliphatic hydroxyl groups excluding tert-OH is 2. The van der Waals surface area contributed by atoms with Gasteiger partial charge in [-0.25, -0.2) is 0 Å². The van der Waals surface area contributed by atoms with Crippen LogP contribution in [0.1, 0.15) is 64.7 Å². The van der Waals surface area contributed by atoms with E-state index in [9.17, 15) is 76.6 Å². The normalized spacial score (nSPS) is 16.2. The van der Waals surface area contributed by atoms with E-state index >= 15 is 0 Å². The second-order valence-corrected chi connectivity index (χ2v) is 23.8. The molecule has 0 aliphatic rings. The number of carbonyl (C=O) groups excluding carboxylic acids is 2. The summed E-state index contributed by atoms with van der Waals surface area (Å²) in [6, 6.07) is 0.